The number of hydrogen-bond donors (Lipinski definition) is 0. The van der Waals surface area contributed by atoms with Gasteiger partial charge >= 0.3 is 11.9 Å². The second-order valence-electron chi connectivity index (χ2n) is 10.7. The van der Waals surface area contributed by atoms with Gasteiger partial charge in [-0.15, -0.1) is 0 Å². The highest BCUT2D eigenvalue weighted by Gasteiger charge is 2.22. The molecule has 0 amide bonds. The Morgan fingerprint density at radius 1 is 0.884 bits per heavy atom. The first kappa shape index (κ1) is 32.3. The minimum atomic E-state index is -0.443. The first-order valence-corrected chi connectivity index (χ1v) is 15.0. The van der Waals surface area contributed by atoms with Gasteiger partial charge in [-0.25, -0.2) is 9.18 Å². The van der Waals surface area contributed by atoms with Crippen molar-refractivity contribution in [1.29, 1.82) is 0 Å². The third-order valence-corrected chi connectivity index (χ3v) is 7.60. The van der Waals surface area contributed by atoms with Crippen LogP contribution in [-0.4, -0.2) is 101 Å². The van der Waals surface area contributed by atoms with Crippen LogP contribution in [0.2, 0.25) is 0 Å². The molecule has 4 bridgehead atoms. The van der Waals surface area contributed by atoms with E-state index in [1.165, 1.54) is 38.5 Å². The van der Waals surface area contributed by atoms with Crippen molar-refractivity contribution in [3.8, 4) is 23.0 Å². The van der Waals surface area contributed by atoms with E-state index in [0.29, 0.717) is 61.0 Å². The number of carbonyl (C=O) groups excluding carboxylic acids is 2. The number of esters is 2. The molecule has 0 aromatic heterocycles. The van der Waals surface area contributed by atoms with Crippen molar-refractivity contribution in [3.63, 3.8) is 0 Å². The van der Waals surface area contributed by atoms with Crippen LogP contribution in [0.4, 0.5) is 4.39 Å². The van der Waals surface area contributed by atoms with Gasteiger partial charge in [0.2, 0.25) is 5.75 Å². The van der Waals surface area contributed by atoms with Crippen LogP contribution in [0.3, 0.4) is 0 Å². The average molecular weight is 603 g/mol. The van der Waals surface area contributed by atoms with Gasteiger partial charge in [-0.2, -0.15) is 0 Å². The largest absolute Gasteiger partial charge is 0.493 e. The molecule has 0 saturated carbocycles. The zero-order valence-corrected chi connectivity index (χ0v) is 25.2. The maximum Gasteiger partial charge on any atom is 0.338 e. The Morgan fingerprint density at radius 2 is 1.60 bits per heavy atom. The van der Waals surface area contributed by atoms with Crippen LogP contribution in [0, 0.1) is 5.82 Å². The van der Waals surface area contributed by atoms with Crippen LogP contribution in [0.25, 0.3) is 0 Å². The van der Waals surface area contributed by atoms with Crippen LogP contribution in [0.15, 0.2) is 36.4 Å². The van der Waals surface area contributed by atoms with Crippen LogP contribution in [0.1, 0.15) is 48.9 Å². The highest BCUT2D eigenvalue weighted by molar-refractivity contribution is 5.91. The van der Waals surface area contributed by atoms with Gasteiger partial charge in [0.15, 0.2) is 11.5 Å². The number of cyclic esters (lactones) is 1. The van der Waals surface area contributed by atoms with Crippen LogP contribution in [0.5, 0.6) is 23.0 Å². The van der Waals surface area contributed by atoms with Crippen LogP contribution >= 0.6 is 0 Å². The lowest BCUT2D eigenvalue weighted by Gasteiger charge is -2.24. The van der Waals surface area contributed by atoms with Crippen molar-refractivity contribution >= 4 is 11.9 Å². The minimum Gasteiger partial charge on any atom is -0.493 e. The Labute approximate surface area is 252 Å². The van der Waals surface area contributed by atoms with Crippen molar-refractivity contribution < 1.29 is 42.4 Å². The molecule has 3 atom stereocenters. The van der Waals surface area contributed by atoms with Crippen molar-refractivity contribution in [2.24, 2.45) is 0 Å². The molecular formula is C32H43FN2O8. The Morgan fingerprint density at radius 3 is 2.35 bits per heavy atom. The Balaban J connectivity index is 1.41. The standard InChI is InChI=1S/C32H43FN2O8/c1-38-28-22-24-23-29(31(28)39-2)41-19-3-6-27(43-30(36)12-21-40-26-9-7-25(33)8-10-26)11-16-35-14-4-13-34(17-18-35)15-5-20-42-32(24)37/h7-10,22-23,27H,3-6,11-21H2,1-2H3. The van der Waals surface area contributed by atoms with E-state index in [9.17, 15) is 14.0 Å². The Kier molecular flexibility index (Phi) is 12.7. The minimum absolute atomic E-state index is 0.0862. The molecule has 0 N–H and O–H groups in total. The summed E-state index contributed by atoms with van der Waals surface area (Å²) in [7, 11) is 3.02. The number of carbonyl (C=O) groups is 2. The molecule has 0 spiro atoms. The molecule has 11 heteroatoms. The van der Waals surface area contributed by atoms with E-state index in [0.717, 1.165) is 52.1 Å². The van der Waals surface area contributed by atoms with E-state index in [1.807, 2.05) is 0 Å². The van der Waals surface area contributed by atoms with Gasteiger partial charge in [0.1, 0.15) is 17.7 Å². The number of fused-ring (bicyclic) bond motifs is 5. The molecular weight excluding hydrogens is 559 g/mol. The van der Waals surface area contributed by atoms with Crippen LogP contribution < -0.4 is 18.9 Å². The number of rotatable bonds is 7. The summed E-state index contributed by atoms with van der Waals surface area (Å²) in [4.78, 5) is 30.4. The third-order valence-electron chi connectivity index (χ3n) is 7.60. The fraction of sp³-hybridized carbons (Fsp3) is 0.562. The molecule has 3 unspecified atom stereocenters. The normalized spacial score (nSPS) is 22.0. The highest BCUT2D eigenvalue weighted by Crippen LogP contribution is 2.39. The topological polar surface area (TPSA) is 96.0 Å². The fourth-order valence-corrected chi connectivity index (χ4v) is 5.27. The quantitative estimate of drug-likeness (QED) is 0.426. The summed E-state index contributed by atoms with van der Waals surface area (Å²) in [6.07, 6.45) is 3.51. The lowest BCUT2D eigenvalue weighted by Crippen LogP contribution is -2.34. The molecule has 1 fully saturated rings. The lowest BCUT2D eigenvalue weighted by atomic mass is 10.1. The fourth-order valence-electron chi connectivity index (χ4n) is 5.27. The molecule has 2 aromatic rings. The van der Waals surface area contributed by atoms with E-state index in [-0.39, 0.29) is 30.9 Å². The average Bonchev–Trinajstić information content (AvgIpc) is 3.25. The predicted molar refractivity (Wildman–Crippen MR) is 158 cm³/mol. The Bertz CT molecular complexity index is 1180. The van der Waals surface area contributed by atoms with Crippen molar-refractivity contribution in [2.75, 3.05) is 73.3 Å². The van der Waals surface area contributed by atoms with Crippen molar-refractivity contribution in [3.05, 3.63) is 47.8 Å². The zero-order valence-electron chi connectivity index (χ0n) is 25.2. The van der Waals surface area contributed by atoms with Gasteiger partial charge in [0, 0.05) is 26.2 Å². The van der Waals surface area contributed by atoms with Crippen molar-refractivity contribution in [2.45, 2.75) is 44.6 Å². The van der Waals surface area contributed by atoms with Gasteiger partial charge in [-0.05, 0) is 81.6 Å². The van der Waals surface area contributed by atoms with E-state index < -0.39 is 5.97 Å². The number of benzene rings is 2. The molecule has 43 heavy (non-hydrogen) atoms. The molecule has 0 aliphatic carbocycles. The SMILES string of the molecule is COc1cc2cc(c1OC)OCCCC(OC(=O)CCOc1ccc(F)cc1)CCN1CCCN(CCCOC2=O)CC1. The number of halogens is 1. The summed E-state index contributed by atoms with van der Waals surface area (Å²) < 4.78 is 47.2. The summed E-state index contributed by atoms with van der Waals surface area (Å²) in [5, 5.41) is 0. The van der Waals surface area contributed by atoms with Gasteiger partial charge < -0.3 is 38.2 Å². The molecule has 2 heterocycles. The van der Waals surface area contributed by atoms with Gasteiger partial charge in [0.25, 0.3) is 0 Å². The maximum absolute atomic E-state index is 13.1. The second-order valence-corrected chi connectivity index (χ2v) is 10.7. The van der Waals surface area contributed by atoms with E-state index >= 15 is 0 Å². The molecule has 10 nitrogen and oxygen atoms in total. The zero-order chi connectivity index (χ0) is 30.4. The van der Waals surface area contributed by atoms with Gasteiger partial charge in [-0.3, -0.25) is 4.79 Å². The summed E-state index contributed by atoms with van der Waals surface area (Å²) in [5.74, 6) is 0.515. The van der Waals surface area contributed by atoms with Gasteiger partial charge in [-0.1, -0.05) is 0 Å². The predicted octanol–water partition coefficient (Wildman–Crippen LogP) is 4.34. The number of nitrogens with zero attached hydrogens (tertiary/aromatic N) is 2. The first-order chi connectivity index (χ1) is 20.9. The van der Waals surface area contributed by atoms with E-state index in [2.05, 4.69) is 9.80 Å². The van der Waals surface area contributed by atoms with Crippen LogP contribution in [-0.2, 0) is 14.3 Å². The molecule has 0 radical (unpaired) electrons. The number of ether oxygens (including phenoxy) is 6. The van der Waals surface area contributed by atoms with E-state index in [1.54, 1.807) is 12.1 Å². The molecule has 2 aromatic carbocycles. The summed E-state index contributed by atoms with van der Waals surface area (Å²) in [6.45, 7) is 6.30. The highest BCUT2D eigenvalue weighted by atomic mass is 19.1. The summed E-state index contributed by atoms with van der Waals surface area (Å²) in [5.41, 5.74) is 0.325. The lowest BCUT2D eigenvalue weighted by molar-refractivity contribution is -0.150. The Hall–Kier alpha value is -3.57. The van der Waals surface area contributed by atoms with Crippen molar-refractivity contribution in [1.82, 2.24) is 9.80 Å². The third kappa shape index (κ3) is 10.3. The summed E-state index contributed by atoms with van der Waals surface area (Å²) >= 11 is 0. The first-order valence-electron chi connectivity index (χ1n) is 15.0. The molecule has 2 aliphatic heterocycles. The summed E-state index contributed by atoms with van der Waals surface area (Å²) in [6, 6.07) is 8.89. The number of methoxy groups -OCH3 is 2. The van der Waals surface area contributed by atoms with E-state index in [4.69, 9.17) is 28.4 Å². The molecule has 2 aliphatic rings. The number of hydrogen-bond acceptors (Lipinski definition) is 10. The van der Waals surface area contributed by atoms with Gasteiger partial charge in [0.05, 0.1) is 46.0 Å². The molecule has 4 rings (SSSR count). The monoisotopic (exact) mass is 602 g/mol. The molecule has 236 valence electrons. The smallest absolute Gasteiger partial charge is 0.338 e. The maximum atomic E-state index is 13.1. The second kappa shape index (κ2) is 16.9. The molecule has 1 saturated heterocycles.